The van der Waals surface area contributed by atoms with Crippen molar-refractivity contribution < 1.29 is 24.2 Å². The maximum atomic E-state index is 13.2. The molecule has 0 radical (unpaired) electrons. The number of ketones is 1. The lowest BCUT2D eigenvalue weighted by Gasteiger charge is -2.25. The van der Waals surface area contributed by atoms with Crippen LogP contribution in [0.5, 0.6) is 11.5 Å². The van der Waals surface area contributed by atoms with Crippen molar-refractivity contribution in [3.05, 3.63) is 84.0 Å². The van der Waals surface area contributed by atoms with Crippen LogP contribution in [0.4, 0.5) is 0 Å². The standard InChI is InChI=1S/C27H29N3O5/c1-18(2)35-22-11-7-20(8-12-22)25(31)23-24(19-5-9-21(34-3)10-6-19)30(27(33)26(23)32)15-4-14-29-16-13-28-17-29/h5-13,16-18,24,31H,4,14-15H2,1-3H3/b25-23+/t24-/m0/s1. The van der Waals surface area contributed by atoms with Crippen LogP contribution in [0.15, 0.2) is 72.8 Å². The number of carbonyl (C=O) groups is 2. The number of aromatic nitrogens is 2. The van der Waals surface area contributed by atoms with Gasteiger partial charge in [0.25, 0.3) is 11.7 Å². The zero-order valence-electron chi connectivity index (χ0n) is 20.0. The highest BCUT2D eigenvalue weighted by Crippen LogP contribution is 2.40. The van der Waals surface area contributed by atoms with Gasteiger partial charge in [0.2, 0.25) is 0 Å². The Morgan fingerprint density at radius 2 is 1.71 bits per heavy atom. The molecule has 2 heterocycles. The maximum absolute atomic E-state index is 13.2. The third-order valence-electron chi connectivity index (χ3n) is 5.85. The van der Waals surface area contributed by atoms with Crippen LogP contribution in [0.3, 0.4) is 0 Å². The highest BCUT2D eigenvalue weighted by atomic mass is 16.5. The van der Waals surface area contributed by atoms with Crippen LogP contribution < -0.4 is 9.47 Å². The van der Waals surface area contributed by atoms with Crippen molar-refractivity contribution in [2.24, 2.45) is 0 Å². The van der Waals surface area contributed by atoms with Gasteiger partial charge in [0, 0.05) is 31.0 Å². The minimum atomic E-state index is -0.713. The topological polar surface area (TPSA) is 93.9 Å². The number of aliphatic hydroxyl groups is 1. The van der Waals surface area contributed by atoms with Crippen LogP contribution in [0, 0.1) is 0 Å². The van der Waals surface area contributed by atoms with Crippen molar-refractivity contribution in [1.29, 1.82) is 0 Å². The van der Waals surface area contributed by atoms with Crippen molar-refractivity contribution >= 4 is 17.4 Å². The Morgan fingerprint density at radius 1 is 1.03 bits per heavy atom. The first-order valence-electron chi connectivity index (χ1n) is 11.5. The number of nitrogens with zero attached hydrogens (tertiary/aromatic N) is 3. The van der Waals surface area contributed by atoms with Crippen LogP contribution in [-0.4, -0.2) is 51.0 Å². The summed E-state index contributed by atoms with van der Waals surface area (Å²) in [6, 6.07) is 13.3. The number of benzene rings is 2. The minimum Gasteiger partial charge on any atom is -0.507 e. The Bertz CT molecular complexity index is 1200. The molecular formula is C27H29N3O5. The number of amides is 1. The van der Waals surface area contributed by atoms with Gasteiger partial charge in [-0.05, 0) is 62.2 Å². The molecule has 35 heavy (non-hydrogen) atoms. The summed E-state index contributed by atoms with van der Waals surface area (Å²) in [5.74, 6) is -0.224. The van der Waals surface area contributed by atoms with Gasteiger partial charge in [0.05, 0.1) is 31.2 Å². The van der Waals surface area contributed by atoms with E-state index in [2.05, 4.69) is 4.98 Å². The lowest BCUT2D eigenvalue weighted by molar-refractivity contribution is -0.139. The quantitative estimate of drug-likeness (QED) is 0.283. The van der Waals surface area contributed by atoms with Gasteiger partial charge < -0.3 is 24.0 Å². The van der Waals surface area contributed by atoms with E-state index in [1.165, 1.54) is 4.90 Å². The molecule has 1 amide bonds. The molecule has 0 spiro atoms. The number of Topliss-reactive ketones (excluding diaryl/α,β-unsaturated/α-hetero) is 1. The Hall–Kier alpha value is -4.07. The summed E-state index contributed by atoms with van der Waals surface area (Å²) < 4.78 is 12.8. The molecule has 1 aliphatic rings. The van der Waals surface area contributed by atoms with Gasteiger partial charge in [-0.2, -0.15) is 0 Å². The molecule has 0 unspecified atom stereocenters. The SMILES string of the molecule is COc1ccc([C@H]2/C(=C(\O)c3ccc(OC(C)C)cc3)C(=O)C(=O)N2CCCn2ccnc2)cc1. The smallest absolute Gasteiger partial charge is 0.295 e. The van der Waals surface area contributed by atoms with Gasteiger partial charge in [-0.3, -0.25) is 9.59 Å². The fourth-order valence-corrected chi connectivity index (χ4v) is 4.21. The van der Waals surface area contributed by atoms with Gasteiger partial charge in [-0.25, -0.2) is 4.98 Å². The van der Waals surface area contributed by atoms with Crippen LogP contribution in [0.1, 0.15) is 37.4 Å². The molecule has 4 rings (SSSR count). The number of rotatable bonds is 9. The molecule has 1 N–H and O–H groups in total. The first-order valence-corrected chi connectivity index (χ1v) is 11.5. The lowest BCUT2D eigenvalue weighted by atomic mass is 9.95. The van der Waals surface area contributed by atoms with E-state index >= 15 is 0 Å². The molecule has 2 aromatic carbocycles. The van der Waals surface area contributed by atoms with Gasteiger partial charge in [0.15, 0.2) is 0 Å². The second-order valence-corrected chi connectivity index (χ2v) is 8.61. The number of hydrogen-bond donors (Lipinski definition) is 1. The zero-order valence-corrected chi connectivity index (χ0v) is 20.0. The maximum Gasteiger partial charge on any atom is 0.295 e. The fourth-order valence-electron chi connectivity index (χ4n) is 4.21. The Balaban J connectivity index is 1.69. The van der Waals surface area contributed by atoms with Crippen molar-refractivity contribution in [1.82, 2.24) is 14.5 Å². The number of imidazole rings is 1. The van der Waals surface area contributed by atoms with E-state index in [9.17, 15) is 14.7 Å². The second kappa shape index (κ2) is 10.5. The molecule has 8 heteroatoms. The monoisotopic (exact) mass is 475 g/mol. The van der Waals surface area contributed by atoms with E-state index in [1.54, 1.807) is 56.0 Å². The lowest BCUT2D eigenvalue weighted by Crippen LogP contribution is -2.31. The molecule has 3 aromatic rings. The molecule has 1 saturated heterocycles. The van der Waals surface area contributed by atoms with E-state index in [4.69, 9.17) is 9.47 Å². The molecule has 0 bridgehead atoms. The van der Waals surface area contributed by atoms with Crippen LogP contribution in [-0.2, 0) is 16.1 Å². The molecule has 1 atom stereocenters. The van der Waals surface area contributed by atoms with Crippen LogP contribution in [0.2, 0.25) is 0 Å². The van der Waals surface area contributed by atoms with Crippen LogP contribution in [0.25, 0.3) is 5.76 Å². The van der Waals surface area contributed by atoms with E-state index < -0.39 is 17.7 Å². The fraction of sp³-hybridized carbons (Fsp3) is 0.296. The number of aryl methyl sites for hydroxylation is 1. The highest BCUT2D eigenvalue weighted by Gasteiger charge is 2.45. The molecule has 1 aliphatic heterocycles. The molecule has 0 aliphatic carbocycles. The number of aliphatic hydroxyl groups excluding tert-OH is 1. The van der Waals surface area contributed by atoms with Gasteiger partial charge in [0.1, 0.15) is 17.3 Å². The predicted molar refractivity (Wildman–Crippen MR) is 131 cm³/mol. The summed E-state index contributed by atoms with van der Waals surface area (Å²) in [6.07, 6.45) is 5.89. The largest absolute Gasteiger partial charge is 0.507 e. The summed E-state index contributed by atoms with van der Waals surface area (Å²) in [6.45, 7) is 4.85. The average molecular weight is 476 g/mol. The number of ether oxygens (including phenoxy) is 2. The third-order valence-corrected chi connectivity index (χ3v) is 5.85. The highest BCUT2D eigenvalue weighted by molar-refractivity contribution is 6.46. The van der Waals surface area contributed by atoms with Crippen molar-refractivity contribution in [2.45, 2.75) is 39.0 Å². The first kappa shape index (κ1) is 24.1. The van der Waals surface area contributed by atoms with E-state index in [0.717, 1.165) is 0 Å². The molecule has 1 aromatic heterocycles. The summed E-state index contributed by atoms with van der Waals surface area (Å²) >= 11 is 0. The molecule has 1 fully saturated rings. The number of likely N-dealkylation sites (tertiary alicyclic amines) is 1. The van der Waals surface area contributed by atoms with Gasteiger partial charge >= 0.3 is 0 Å². The summed E-state index contributed by atoms with van der Waals surface area (Å²) in [5.41, 5.74) is 1.23. The number of hydrogen-bond acceptors (Lipinski definition) is 6. The van der Waals surface area contributed by atoms with Crippen LogP contribution >= 0.6 is 0 Å². The second-order valence-electron chi connectivity index (χ2n) is 8.61. The van der Waals surface area contributed by atoms with E-state index in [-0.39, 0.29) is 17.4 Å². The minimum absolute atomic E-state index is 0.0113. The molecule has 0 saturated carbocycles. The van der Waals surface area contributed by atoms with Crippen molar-refractivity contribution in [2.75, 3.05) is 13.7 Å². The Labute approximate surface area is 204 Å². The van der Waals surface area contributed by atoms with E-state index in [0.29, 0.717) is 42.1 Å². The Kier molecular flexibility index (Phi) is 7.19. The van der Waals surface area contributed by atoms with Gasteiger partial charge in [-0.1, -0.05) is 12.1 Å². The number of carbonyl (C=O) groups excluding carboxylic acids is 2. The van der Waals surface area contributed by atoms with Crippen molar-refractivity contribution in [3.63, 3.8) is 0 Å². The van der Waals surface area contributed by atoms with Crippen molar-refractivity contribution in [3.8, 4) is 11.5 Å². The summed E-state index contributed by atoms with van der Waals surface area (Å²) in [7, 11) is 1.57. The Morgan fingerprint density at radius 3 is 2.31 bits per heavy atom. The number of methoxy groups -OCH3 is 1. The predicted octanol–water partition coefficient (Wildman–Crippen LogP) is 4.19. The average Bonchev–Trinajstić information content (AvgIpc) is 3.46. The third kappa shape index (κ3) is 5.21. The zero-order chi connectivity index (χ0) is 24.9. The first-order chi connectivity index (χ1) is 16.9. The molecule has 8 nitrogen and oxygen atoms in total. The summed E-state index contributed by atoms with van der Waals surface area (Å²) in [5, 5.41) is 11.2. The normalized spacial score (nSPS) is 17.3. The van der Waals surface area contributed by atoms with Gasteiger partial charge in [-0.15, -0.1) is 0 Å². The molecule has 182 valence electrons. The van der Waals surface area contributed by atoms with E-state index in [1.807, 2.05) is 36.7 Å². The molecular weight excluding hydrogens is 446 g/mol. The summed E-state index contributed by atoms with van der Waals surface area (Å²) in [4.78, 5) is 31.8.